The highest BCUT2D eigenvalue weighted by Gasteiger charge is 2.56. The molecular formula is C15H24F4N2O6P2. The molecule has 168 valence electrons. The number of carbonyl (C=O) groups excluding carboxylic acids is 1. The fourth-order valence-electron chi connectivity index (χ4n) is 2.48. The highest BCUT2D eigenvalue weighted by molar-refractivity contribution is 7.47. The van der Waals surface area contributed by atoms with Crippen LogP contribution in [0.2, 0.25) is 0 Å². The van der Waals surface area contributed by atoms with E-state index in [-0.39, 0.29) is 12.1 Å². The summed E-state index contributed by atoms with van der Waals surface area (Å²) in [6, 6.07) is -1.04. The highest BCUT2D eigenvalue weighted by atomic mass is 31.2. The molecule has 2 aliphatic rings. The van der Waals surface area contributed by atoms with Crippen LogP contribution in [0.5, 0.6) is 0 Å². The molecule has 29 heavy (non-hydrogen) atoms. The quantitative estimate of drug-likeness (QED) is 0.457. The summed E-state index contributed by atoms with van der Waals surface area (Å²) in [6.07, 6.45) is -6.00. The molecule has 0 aromatic carbocycles. The van der Waals surface area contributed by atoms with Crippen molar-refractivity contribution in [3.8, 4) is 0 Å². The van der Waals surface area contributed by atoms with Gasteiger partial charge in [-0.05, 0) is 20.8 Å². The van der Waals surface area contributed by atoms with Crippen LogP contribution in [0, 0.1) is 0 Å². The van der Waals surface area contributed by atoms with Gasteiger partial charge in [-0.3, -0.25) is 13.9 Å². The Morgan fingerprint density at radius 2 is 2.03 bits per heavy atom. The second-order valence-electron chi connectivity index (χ2n) is 6.37. The predicted molar refractivity (Wildman–Crippen MR) is 99.2 cm³/mol. The second kappa shape index (κ2) is 10.3. The summed E-state index contributed by atoms with van der Waals surface area (Å²) < 4.78 is 78.9. The molecule has 1 fully saturated rings. The first-order valence-corrected chi connectivity index (χ1v) is 10.7. The third-order valence-corrected chi connectivity index (χ3v) is 4.88. The second-order valence-corrected chi connectivity index (χ2v) is 8.04. The number of amides is 2. The van der Waals surface area contributed by atoms with Crippen LogP contribution < -0.4 is 5.32 Å². The van der Waals surface area contributed by atoms with Gasteiger partial charge in [0.15, 0.2) is 5.83 Å². The summed E-state index contributed by atoms with van der Waals surface area (Å²) in [6.45, 7) is 7.48. The van der Waals surface area contributed by atoms with Gasteiger partial charge in [0.2, 0.25) is 6.23 Å². The van der Waals surface area contributed by atoms with Crippen LogP contribution in [0.15, 0.2) is 24.3 Å². The van der Waals surface area contributed by atoms with Gasteiger partial charge in [0, 0.05) is 12.6 Å². The molecule has 0 bridgehead atoms. The van der Waals surface area contributed by atoms with Crippen LogP contribution in [0.4, 0.5) is 22.4 Å². The van der Waals surface area contributed by atoms with Crippen LogP contribution in [-0.4, -0.2) is 52.7 Å². The van der Waals surface area contributed by atoms with E-state index in [1.165, 1.54) is 20.8 Å². The third-order valence-electron chi connectivity index (χ3n) is 3.59. The Bertz CT molecular complexity index is 694. The average molecular weight is 466 g/mol. The normalized spacial score (nSPS) is 27.0. The number of nitrogens with zero attached hydrogens (tertiary/aromatic N) is 1. The standard InChI is InChI=1S/C14H20F3N2O6P.CH4FP/c1-7(2)24-26(21,22)25-9(4)11-5-14(16,17)12(23-11)19-6-10(15)8(3)18-13(19)20;2-1-3/h6-7,9,11-12H,3,5H2,1-2,4H3,(H,18,20)(H,21,22);1,3H2/t9-,11?,12?;/m0./s1. The summed E-state index contributed by atoms with van der Waals surface area (Å²) in [7, 11) is -2.57. The molecule has 4 unspecified atom stereocenters. The van der Waals surface area contributed by atoms with Gasteiger partial charge in [0.1, 0.15) is 6.42 Å². The number of allylic oxidation sites excluding steroid dienone is 1. The number of halogens is 4. The van der Waals surface area contributed by atoms with Crippen molar-refractivity contribution >= 4 is 23.1 Å². The van der Waals surface area contributed by atoms with Crippen LogP contribution in [0.25, 0.3) is 0 Å². The minimum Gasteiger partial charge on any atom is -0.345 e. The lowest BCUT2D eigenvalue weighted by Crippen LogP contribution is -2.51. The Labute approximate surface area is 168 Å². The van der Waals surface area contributed by atoms with Crippen LogP contribution in [-0.2, 0) is 18.3 Å². The molecule has 0 spiro atoms. The smallest absolute Gasteiger partial charge is 0.345 e. The summed E-state index contributed by atoms with van der Waals surface area (Å²) in [5.41, 5.74) is -0.354. The summed E-state index contributed by atoms with van der Waals surface area (Å²) in [5.74, 6) is -4.55. The third kappa shape index (κ3) is 7.31. The Balaban J connectivity index is 0.00000132. The van der Waals surface area contributed by atoms with E-state index < -0.39 is 56.6 Å². The fraction of sp³-hybridized carbons (Fsp3) is 0.667. The molecule has 2 amide bonds. The van der Waals surface area contributed by atoms with Crippen molar-refractivity contribution in [2.24, 2.45) is 0 Å². The van der Waals surface area contributed by atoms with E-state index in [4.69, 9.17) is 13.8 Å². The van der Waals surface area contributed by atoms with E-state index in [2.05, 4.69) is 6.58 Å². The minimum absolute atomic E-state index is 0.333. The van der Waals surface area contributed by atoms with Gasteiger partial charge in [-0.25, -0.2) is 26.9 Å². The molecular weight excluding hydrogens is 442 g/mol. The van der Waals surface area contributed by atoms with Crippen molar-refractivity contribution in [1.82, 2.24) is 10.2 Å². The lowest BCUT2D eigenvalue weighted by Gasteiger charge is -2.32. The first-order chi connectivity index (χ1) is 13.2. The van der Waals surface area contributed by atoms with Gasteiger partial charge >= 0.3 is 13.9 Å². The van der Waals surface area contributed by atoms with Gasteiger partial charge in [0.25, 0.3) is 5.92 Å². The summed E-state index contributed by atoms with van der Waals surface area (Å²) in [5, 5.41) is 2.00. The van der Waals surface area contributed by atoms with Gasteiger partial charge in [-0.15, -0.1) is 9.24 Å². The number of rotatable bonds is 6. The Hall–Kier alpha value is -1.03. The van der Waals surface area contributed by atoms with Crippen molar-refractivity contribution in [3.63, 3.8) is 0 Å². The average Bonchev–Trinajstić information content (AvgIpc) is 2.85. The van der Waals surface area contributed by atoms with Crippen LogP contribution in [0.1, 0.15) is 27.2 Å². The zero-order chi connectivity index (χ0) is 22.6. The molecule has 1 saturated heterocycles. The SMILES string of the molecule is C=C1NC(=O)N(C2OC([C@H](C)OP(=O)(O)OC(C)C)CC2(F)F)C=C1F.FCP. The van der Waals surface area contributed by atoms with E-state index in [9.17, 15) is 31.8 Å². The zero-order valence-corrected chi connectivity index (χ0v) is 18.0. The highest BCUT2D eigenvalue weighted by Crippen LogP contribution is 2.48. The first-order valence-electron chi connectivity index (χ1n) is 8.39. The maximum atomic E-state index is 14.3. The molecule has 0 radical (unpaired) electrons. The molecule has 0 aliphatic carbocycles. The Kier molecular flexibility index (Phi) is 9.26. The van der Waals surface area contributed by atoms with E-state index in [0.717, 1.165) is 0 Å². The van der Waals surface area contributed by atoms with Crippen molar-refractivity contribution in [2.75, 3.05) is 6.42 Å². The molecule has 0 aromatic heterocycles. The largest absolute Gasteiger partial charge is 0.472 e. The molecule has 2 N–H and O–H groups in total. The maximum Gasteiger partial charge on any atom is 0.472 e. The van der Waals surface area contributed by atoms with Gasteiger partial charge < -0.3 is 14.9 Å². The molecule has 2 rings (SSSR count). The maximum absolute atomic E-state index is 14.3. The van der Waals surface area contributed by atoms with Crippen LogP contribution >= 0.6 is 17.1 Å². The van der Waals surface area contributed by atoms with E-state index in [1.807, 2.05) is 14.6 Å². The number of alkyl halides is 3. The van der Waals surface area contributed by atoms with Crippen molar-refractivity contribution in [1.29, 1.82) is 0 Å². The van der Waals surface area contributed by atoms with Gasteiger partial charge in [0.05, 0.1) is 24.0 Å². The monoisotopic (exact) mass is 466 g/mol. The lowest BCUT2D eigenvalue weighted by molar-refractivity contribution is -0.132. The molecule has 5 atom stereocenters. The summed E-state index contributed by atoms with van der Waals surface area (Å²) in [4.78, 5) is 21.8. The lowest BCUT2D eigenvalue weighted by atomic mass is 10.1. The number of nitrogens with one attached hydrogen (secondary N) is 1. The first kappa shape index (κ1) is 26.0. The zero-order valence-electron chi connectivity index (χ0n) is 16.0. The molecule has 2 heterocycles. The topological polar surface area (TPSA) is 97.3 Å². The number of urea groups is 1. The van der Waals surface area contributed by atoms with Crippen molar-refractivity contribution in [3.05, 3.63) is 24.3 Å². The minimum atomic E-state index is -4.48. The Morgan fingerprint density at radius 3 is 2.55 bits per heavy atom. The van der Waals surface area contributed by atoms with Gasteiger partial charge in [-0.1, -0.05) is 6.58 Å². The molecule has 8 nitrogen and oxygen atoms in total. The number of phosphoric acid groups is 1. The van der Waals surface area contributed by atoms with Gasteiger partial charge in [-0.2, -0.15) is 0 Å². The van der Waals surface area contributed by atoms with E-state index in [1.54, 1.807) is 0 Å². The van der Waals surface area contributed by atoms with E-state index >= 15 is 0 Å². The number of phosphoric ester groups is 1. The molecule has 0 aromatic rings. The number of ether oxygens (including phenoxy) is 1. The molecule has 14 heteroatoms. The number of carbonyl (C=O) groups is 1. The summed E-state index contributed by atoms with van der Waals surface area (Å²) >= 11 is 0. The van der Waals surface area contributed by atoms with E-state index in [0.29, 0.717) is 11.1 Å². The fourth-order valence-corrected chi connectivity index (χ4v) is 3.62. The Morgan fingerprint density at radius 1 is 1.48 bits per heavy atom. The molecule has 0 saturated carbocycles. The van der Waals surface area contributed by atoms with Crippen molar-refractivity contribution in [2.45, 2.75) is 57.7 Å². The van der Waals surface area contributed by atoms with Crippen molar-refractivity contribution < 1.29 is 45.6 Å². The number of hydrogen-bond acceptors (Lipinski definition) is 5. The predicted octanol–water partition coefficient (Wildman–Crippen LogP) is 3.81. The van der Waals surface area contributed by atoms with Crippen LogP contribution in [0.3, 0.4) is 0 Å². The number of hydrogen-bond donors (Lipinski definition) is 2. The molecule has 2 aliphatic heterocycles.